The van der Waals surface area contributed by atoms with Crippen molar-refractivity contribution in [1.29, 1.82) is 0 Å². The van der Waals surface area contributed by atoms with E-state index < -0.39 is 0 Å². The van der Waals surface area contributed by atoms with Crippen molar-refractivity contribution in [2.75, 3.05) is 13.2 Å². The van der Waals surface area contributed by atoms with E-state index in [-0.39, 0.29) is 30.9 Å². The molecule has 5 nitrogen and oxygen atoms in total. The number of benzene rings is 3. The van der Waals surface area contributed by atoms with Crippen LogP contribution in [0.3, 0.4) is 0 Å². The number of nitrogens with zero attached hydrogens (tertiary/aromatic N) is 1. The largest absolute Gasteiger partial charge is 0.491 e. The van der Waals surface area contributed by atoms with Gasteiger partial charge in [0.2, 0.25) is 0 Å². The van der Waals surface area contributed by atoms with Gasteiger partial charge in [-0.1, -0.05) is 53.5 Å². The number of halogens is 2. The minimum atomic E-state index is -0.321. The average molecular weight is 528 g/mol. The maximum absolute atomic E-state index is 12.8. The second-order valence-corrected chi connectivity index (χ2v) is 9.82. The summed E-state index contributed by atoms with van der Waals surface area (Å²) in [4.78, 5) is 26.8. The molecule has 3 aromatic carbocycles. The highest BCUT2D eigenvalue weighted by molar-refractivity contribution is 8.18. The summed E-state index contributed by atoms with van der Waals surface area (Å²) in [5.41, 5.74) is 3.59. The van der Waals surface area contributed by atoms with Crippen molar-refractivity contribution < 1.29 is 19.1 Å². The van der Waals surface area contributed by atoms with Crippen molar-refractivity contribution in [2.45, 2.75) is 20.5 Å². The van der Waals surface area contributed by atoms with Gasteiger partial charge in [0.15, 0.2) is 0 Å². The number of rotatable bonds is 8. The molecule has 1 aliphatic heterocycles. The summed E-state index contributed by atoms with van der Waals surface area (Å²) in [6, 6.07) is 18.5. The van der Waals surface area contributed by atoms with Crippen LogP contribution < -0.4 is 9.47 Å². The molecule has 0 N–H and O–H groups in total. The van der Waals surface area contributed by atoms with Gasteiger partial charge in [0.1, 0.15) is 24.7 Å². The Kier molecular flexibility index (Phi) is 8.06. The van der Waals surface area contributed by atoms with Crippen LogP contribution in [0.1, 0.15) is 22.3 Å². The smallest absolute Gasteiger partial charge is 0.293 e. The molecule has 1 heterocycles. The zero-order valence-electron chi connectivity index (χ0n) is 19.2. The maximum Gasteiger partial charge on any atom is 0.293 e. The molecule has 0 unspecified atom stereocenters. The van der Waals surface area contributed by atoms with Gasteiger partial charge in [0.25, 0.3) is 11.1 Å². The van der Waals surface area contributed by atoms with Gasteiger partial charge in [-0.15, -0.1) is 0 Å². The highest BCUT2D eigenvalue weighted by atomic mass is 35.5. The van der Waals surface area contributed by atoms with Crippen molar-refractivity contribution in [2.24, 2.45) is 0 Å². The van der Waals surface area contributed by atoms with Crippen molar-refractivity contribution in [3.63, 3.8) is 0 Å². The number of carbonyl (C=O) groups is 2. The predicted octanol–water partition coefficient (Wildman–Crippen LogP) is 7.30. The van der Waals surface area contributed by atoms with Gasteiger partial charge in [-0.2, -0.15) is 0 Å². The third-order valence-electron chi connectivity index (χ3n) is 5.41. The molecule has 1 aliphatic rings. The molecule has 8 heteroatoms. The van der Waals surface area contributed by atoms with E-state index in [9.17, 15) is 9.59 Å². The molecule has 0 aromatic heterocycles. The van der Waals surface area contributed by atoms with Crippen molar-refractivity contribution in [3.8, 4) is 11.5 Å². The molecule has 0 radical (unpaired) electrons. The minimum Gasteiger partial charge on any atom is -0.491 e. The molecule has 1 fully saturated rings. The Labute approximate surface area is 218 Å². The lowest BCUT2D eigenvalue weighted by Gasteiger charge is -2.14. The van der Waals surface area contributed by atoms with E-state index in [4.69, 9.17) is 32.7 Å². The normalized spacial score (nSPS) is 14.6. The summed E-state index contributed by atoms with van der Waals surface area (Å²) in [6.45, 7) is 4.60. The van der Waals surface area contributed by atoms with Gasteiger partial charge in [0.05, 0.1) is 11.4 Å². The van der Waals surface area contributed by atoms with Crippen LogP contribution in [-0.2, 0) is 11.4 Å². The Hall–Kier alpha value is -2.93. The van der Waals surface area contributed by atoms with Crippen LogP contribution in [-0.4, -0.2) is 29.2 Å². The second kappa shape index (κ2) is 11.2. The molecule has 0 spiro atoms. The summed E-state index contributed by atoms with van der Waals surface area (Å²) in [7, 11) is 0. The third-order valence-corrected chi connectivity index (χ3v) is 7.03. The zero-order valence-corrected chi connectivity index (χ0v) is 21.5. The number of amides is 2. The van der Waals surface area contributed by atoms with Crippen LogP contribution in [0.5, 0.6) is 11.5 Å². The summed E-state index contributed by atoms with van der Waals surface area (Å²) in [5.74, 6) is 1.07. The quantitative estimate of drug-likeness (QED) is 0.287. The van der Waals surface area contributed by atoms with Crippen molar-refractivity contribution in [1.82, 2.24) is 4.90 Å². The van der Waals surface area contributed by atoms with Gasteiger partial charge in [0, 0.05) is 15.6 Å². The summed E-state index contributed by atoms with van der Waals surface area (Å²) in [5, 5.41) is 0.788. The molecule has 35 heavy (non-hydrogen) atoms. The summed E-state index contributed by atoms with van der Waals surface area (Å²) < 4.78 is 11.6. The Bertz CT molecular complexity index is 1270. The van der Waals surface area contributed by atoms with Gasteiger partial charge < -0.3 is 9.47 Å². The lowest BCUT2D eigenvalue weighted by molar-refractivity contribution is -0.123. The average Bonchev–Trinajstić information content (AvgIpc) is 3.09. The number of ether oxygens (including phenoxy) is 2. The van der Waals surface area contributed by atoms with Gasteiger partial charge in [-0.25, -0.2) is 0 Å². The fourth-order valence-corrected chi connectivity index (χ4v) is 4.81. The molecule has 2 amide bonds. The predicted molar refractivity (Wildman–Crippen MR) is 141 cm³/mol. The van der Waals surface area contributed by atoms with Crippen LogP contribution in [0, 0.1) is 13.8 Å². The highest BCUT2D eigenvalue weighted by Crippen LogP contribution is 2.32. The Balaban J connectivity index is 1.35. The fraction of sp³-hybridized carbons (Fsp3) is 0.185. The summed E-state index contributed by atoms with van der Waals surface area (Å²) in [6.07, 6.45) is 1.70. The Morgan fingerprint density at radius 1 is 0.943 bits per heavy atom. The van der Waals surface area contributed by atoms with E-state index in [0.717, 1.165) is 39.8 Å². The van der Waals surface area contributed by atoms with Gasteiger partial charge >= 0.3 is 0 Å². The third kappa shape index (κ3) is 6.20. The Morgan fingerprint density at radius 3 is 2.37 bits per heavy atom. The van der Waals surface area contributed by atoms with Crippen LogP contribution in [0.25, 0.3) is 6.08 Å². The number of imide groups is 1. The maximum atomic E-state index is 12.8. The molecule has 1 saturated heterocycles. The first-order valence-electron chi connectivity index (χ1n) is 10.9. The van der Waals surface area contributed by atoms with E-state index in [2.05, 4.69) is 0 Å². The van der Waals surface area contributed by atoms with Gasteiger partial charge in [-0.05, 0) is 78.7 Å². The molecule has 0 aliphatic carbocycles. The molecule has 0 atom stereocenters. The molecule has 4 rings (SSSR count). The number of carbonyl (C=O) groups excluding carboxylic acids is 2. The molecule has 180 valence electrons. The SMILES string of the molecule is Cc1ccc(C)c(OCCN2C(=O)S/C(=C\c3ccc(OCc4c(Cl)cccc4Cl)cc3)C2=O)c1. The van der Waals surface area contributed by atoms with E-state index in [1.807, 2.05) is 44.2 Å². The van der Waals surface area contributed by atoms with Crippen LogP contribution in [0.15, 0.2) is 65.6 Å². The lowest BCUT2D eigenvalue weighted by Crippen LogP contribution is -2.32. The number of thioether (sulfide) groups is 1. The zero-order chi connectivity index (χ0) is 24.9. The molecule has 3 aromatic rings. The minimum absolute atomic E-state index is 0.187. The van der Waals surface area contributed by atoms with Crippen LogP contribution in [0.2, 0.25) is 10.0 Å². The molecule has 0 saturated carbocycles. The van der Waals surface area contributed by atoms with Crippen LogP contribution >= 0.6 is 35.0 Å². The highest BCUT2D eigenvalue weighted by Gasteiger charge is 2.34. The van der Waals surface area contributed by atoms with E-state index in [1.54, 1.807) is 36.4 Å². The molecular weight excluding hydrogens is 505 g/mol. The van der Waals surface area contributed by atoms with Gasteiger partial charge in [-0.3, -0.25) is 14.5 Å². The standard InChI is InChI=1S/C27H23Cl2NO4S/c1-17-6-7-18(2)24(14-17)33-13-12-30-26(31)25(35-27(30)32)15-19-8-10-20(11-9-19)34-16-21-22(28)4-3-5-23(21)29/h3-11,14-15H,12-13,16H2,1-2H3/b25-15-. The first kappa shape index (κ1) is 25.2. The van der Waals surface area contributed by atoms with E-state index in [1.165, 1.54) is 4.90 Å². The molecule has 0 bridgehead atoms. The first-order chi connectivity index (χ1) is 16.8. The number of hydrogen-bond donors (Lipinski definition) is 0. The van der Waals surface area contributed by atoms with Crippen molar-refractivity contribution >= 4 is 52.2 Å². The van der Waals surface area contributed by atoms with E-state index >= 15 is 0 Å². The van der Waals surface area contributed by atoms with Crippen LogP contribution in [0.4, 0.5) is 4.79 Å². The topological polar surface area (TPSA) is 55.8 Å². The number of hydrogen-bond acceptors (Lipinski definition) is 5. The monoisotopic (exact) mass is 527 g/mol. The first-order valence-corrected chi connectivity index (χ1v) is 12.5. The van der Waals surface area contributed by atoms with Crippen molar-refractivity contribution in [3.05, 3.63) is 97.9 Å². The van der Waals surface area contributed by atoms with E-state index in [0.29, 0.717) is 20.7 Å². The second-order valence-electron chi connectivity index (χ2n) is 8.01. The molecular formula is C27H23Cl2NO4S. The summed E-state index contributed by atoms with van der Waals surface area (Å²) >= 11 is 13.3. The number of aryl methyl sites for hydroxylation is 2. The lowest BCUT2D eigenvalue weighted by atomic mass is 10.1. The fourth-order valence-electron chi connectivity index (χ4n) is 3.44. The Morgan fingerprint density at radius 2 is 1.66 bits per heavy atom.